The Balaban J connectivity index is 1.86. The number of hydrogen-bond donors (Lipinski definition) is 1. The molecule has 0 aliphatic heterocycles. The highest BCUT2D eigenvalue weighted by atomic mass is 35.5. The zero-order valence-corrected chi connectivity index (χ0v) is 13.2. The van der Waals surface area contributed by atoms with E-state index in [0.717, 1.165) is 12.8 Å². The van der Waals surface area contributed by atoms with Gasteiger partial charge in [0.2, 0.25) is 0 Å². The van der Waals surface area contributed by atoms with Crippen molar-refractivity contribution < 1.29 is 14.6 Å². The third kappa shape index (κ3) is 4.72. The van der Waals surface area contributed by atoms with Crippen molar-refractivity contribution in [2.24, 2.45) is 5.92 Å². The van der Waals surface area contributed by atoms with Crippen molar-refractivity contribution in [3.8, 4) is 0 Å². The molecule has 4 heteroatoms. The molecule has 0 bridgehead atoms. The van der Waals surface area contributed by atoms with Gasteiger partial charge in [-0.25, -0.2) is 0 Å². The van der Waals surface area contributed by atoms with E-state index < -0.39 is 12.2 Å². The van der Waals surface area contributed by atoms with Crippen molar-refractivity contribution in [1.82, 2.24) is 0 Å². The molecule has 0 radical (unpaired) electrons. The summed E-state index contributed by atoms with van der Waals surface area (Å²) in [6, 6.07) is 7.08. The predicted molar refractivity (Wildman–Crippen MR) is 83.2 cm³/mol. The molecule has 3 nitrogen and oxygen atoms in total. The van der Waals surface area contributed by atoms with Crippen molar-refractivity contribution in [1.29, 1.82) is 0 Å². The van der Waals surface area contributed by atoms with Crippen LogP contribution in [0.4, 0.5) is 0 Å². The minimum atomic E-state index is -0.894. The Morgan fingerprint density at radius 1 is 1.33 bits per heavy atom. The third-order valence-electron chi connectivity index (χ3n) is 4.17. The maximum atomic E-state index is 12.0. The van der Waals surface area contributed by atoms with E-state index in [0.29, 0.717) is 22.9 Å². The van der Waals surface area contributed by atoms with Crippen molar-refractivity contribution in [3.63, 3.8) is 0 Å². The van der Waals surface area contributed by atoms with Crippen LogP contribution in [0.2, 0.25) is 5.02 Å². The van der Waals surface area contributed by atoms with Crippen LogP contribution in [-0.2, 0) is 9.53 Å². The van der Waals surface area contributed by atoms with Crippen LogP contribution < -0.4 is 0 Å². The highest BCUT2D eigenvalue weighted by Crippen LogP contribution is 2.29. The zero-order valence-electron chi connectivity index (χ0n) is 12.4. The normalized spacial score (nSPS) is 19.0. The van der Waals surface area contributed by atoms with Gasteiger partial charge in [0.15, 0.2) is 0 Å². The lowest BCUT2D eigenvalue weighted by Gasteiger charge is -2.24. The summed E-state index contributed by atoms with van der Waals surface area (Å²) >= 11 is 6.05. The van der Waals surface area contributed by atoms with Gasteiger partial charge in [0.05, 0.1) is 0 Å². The fraction of sp³-hybridized carbons (Fsp3) is 0.588. The molecule has 21 heavy (non-hydrogen) atoms. The lowest BCUT2D eigenvalue weighted by atomic mass is 9.87. The molecule has 116 valence electrons. The standard InChI is InChI=1S/C17H23ClO3/c1-12(17(20)14-9-5-6-10-15(14)18)21-16(19)11-13-7-3-2-4-8-13/h5-6,9-10,12-13,17,20H,2-4,7-8,11H2,1H3/t12-,17+/m0/s1. The molecule has 1 aromatic carbocycles. The molecule has 0 saturated heterocycles. The number of esters is 1. The molecular formula is C17H23ClO3. The minimum absolute atomic E-state index is 0.222. The van der Waals surface area contributed by atoms with Crippen LogP contribution in [0.1, 0.15) is 57.1 Å². The number of hydrogen-bond acceptors (Lipinski definition) is 3. The Hall–Kier alpha value is -1.06. The summed E-state index contributed by atoms with van der Waals surface area (Å²) in [7, 11) is 0. The van der Waals surface area contributed by atoms with E-state index in [9.17, 15) is 9.90 Å². The van der Waals surface area contributed by atoms with E-state index in [-0.39, 0.29) is 5.97 Å². The molecule has 0 aromatic heterocycles. The molecule has 0 amide bonds. The van der Waals surface area contributed by atoms with Crippen LogP contribution in [0, 0.1) is 5.92 Å². The predicted octanol–water partition coefficient (Wildman–Crippen LogP) is 4.28. The summed E-state index contributed by atoms with van der Waals surface area (Å²) in [6.07, 6.45) is 4.86. The number of carbonyl (C=O) groups excluding carboxylic acids is 1. The van der Waals surface area contributed by atoms with Gasteiger partial charge >= 0.3 is 5.97 Å². The number of benzene rings is 1. The van der Waals surface area contributed by atoms with Crippen molar-refractivity contribution in [2.75, 3.05) is 0 Å². The van der Waals surface area contributed by atoms with Crippen LogP contribution in [0.3, 0.4) is 0 Å². The molecule has 1 aliphatic rings. The van der Waals surface area contributed by atoms with Crippen LogP contribution in [0.15, 0.2) is 24.3 Å². The van der Waals surface area contributed by atoms with Crippen LogP contribution >= 0.6 is 11.6 Å². The monoisotopic (exact) mass is 310 g/mol. The number of halogens is 1. The second-order valence-corrected chi connectivity index (χ2v) is 6.28. The van der Waals surface area contributed by atoms with Crippen LogP contribution in [0.25, 0.3) is 0 Å². The SMILES string of the molecule is C[C@H](OC(=O)CC1CCCCC1)[C@@H](O)c1ccccc1Cl. The number of aliphatic hydroxyl groups is 1. The van der Waals surface area contributed by atoms with Gasteiger partial charge in [-0.05, 0) is 31.7 Å². The summed E-state index contributed by atoms with van der Waals surface area (Å²) in [4.78, 5) is 12.0. The molecule has 1 saturated carbocycles. The number of carbonyl (C=O) groups is 1. The van der Waals surface area contributed by atoms with Gasteiger partial charge in [-0.15, -0.1) is 0 Å². The molecule has 1 N–H and O–H groups in total. The van der Waals surface area contributed by atoms with E-state index >= 15 is 0 Å². The molecule has 0 spiro atoms. The van der Waals surface area contributed by atoms with Crippen molar-refractivity contribution >= 4 is 17.6 Å². The molecule has 2 atom stereocenters. The summed E-state index contributed by atoms with van der Waals surface area (Å²) in [5.41, 5.74) is 0.595. The lowest BCUT2D eigenvalue weighted by Crippen LogP contribution is -2.24. The zero-order chi connectivity index (χ0) is 15.2. The number of ether oxygens (including phenoxy) is 1. The van der Waals surface area contributed by atoms with Gasteiger partial charge in [0.1, 0.15) is 12.2 Å². The van der Waals surface area contributed by atoms with Gasteiger partial charge in [-0.2, -0.15) is 0 Å². The lowest BCUT2D eigenvalue weighted by molar-refractivity contribution is -0.155. The van der Waals surface area contributed by atoms with Gasteiger partial charge in [-0.3, -0.25) is 4.79 Å². The molecule has 2 rings (SSSR count). The first kappa shape index (κ1) is 16.3. The maximum absolute atomic E-state index is 12.0. The Kier molecular flexibility index (Phi) is 6.07. The summed E-state index contributed by atoms with van der Waals surface area (Å²) in [5.74, 6) is 0.219. The highest BCUT2D eigenvalue weighted by Gasteiger charge is 2.24. The molecule has 1 aliphatic carbocycles. The van der Waals surface area contributed by atoms with Gasteiger partial charge < -0.3 is 9.84 Å². The third-order valence-corrected chi connectivity index (χ3v) is 4.51. The summed E-state index contributed by atoms with van der Waals surface area (Å²) < 4.78 is 5.38. The Morgan fingerprint density at radius 3 is 2.67 bits per heavy atom. The van der Waals surface area contributed by atoms with E-state index in [1.54, 1.807) is 31.2 Å². The number of rotatable bonds is 5. The summed E-state index contributed by atoms with van der Waals surface area (Å²) in [6.45, 7) is 1.70. The average Bonchev–Trinajstić information content (AvgIpc) is 2.48. The Labute approximate surface area is 131 Å². The first-order valence-corrected chi connectivity index (χ1v) is 8.07. The van der Waals surface area contributed by atoms with Gasteiger partial charge in [-0.1, -0.05) is 49.1 Å². The van der Waals surface area contributed by atoms with Crippen molar-refractivity contribution in [3.05, 3.63) is 34.9 Å². The minimum Gasteiger partial charge on any atom is -0.460 e. The van der Waals surface area contributed by atoms with E-state index in [4.69, 9.17) is 16.3 Å². The maximum Gasteiger partial charge on any atom is 0.306 e. The molecule has 0 unspecified atom stereocenters. The fourth-order valence-electron chi connectivity index (χ4n) is 2.91. The quantitative estimate of drug-likeness (QED) is 0.826. The molecule has 1 aromatic rings. The molecule has 0 heterocycles. The Bertz CT molecular complexity index is 469. The smallest absolute Gasteiger partial charge is 0.306 e. The van der Waals surface area contributed by atoms with Crippen LogP contribution in [0.5, 0.6) is 0 Å². The first-order valence-electron chi connectivity index (χ1n) is 7.70. The fourth-order valence-corrected chi connectivity index (χ4v) is 3.16. The molecular weight excluding hydrogens is 288 g/mol. The largest absolute Gasteiger partial charge is 0.460 e. The first-order chi connectivity index (χ1) is 10.1. The number of aliphatic hydroxyl groups excluding tert-OH is 1. The van der Waals surface area contributed by atoms with Gasteiger partial charge in [0.25, 0.3) is 0 Å². The second kappa shape index (κ2) is 7.81. The van der Waals surface area contributed by atoms with Gasteiger partial charge in [0, 0.05) is 17.0 Å². The molecule has 1 fully saturated rings. The second-order valence-electron chi connectivity index (χ2n) is 5.87. The van der Waals surface area contributed by atoms with E-state index in [1.807, 2.05) is 0 Å². The topological polar surface area (TPSA) is 46.5 Å². The highest BCUT2D eigenvalue weighted by molar-refractivity contribution is 6.31. The average molecular weight is 311 g/mol. The van der Waals surface area contributed by atoms with Crippen molar-refractivity contribution in [2.45, 2.75) is 57.7 Å². The van der Waals surface area contributed by atoms with Crippen LogP contribution in [-0.4, -0.2) is 17.2 Å². The summed E-state index contributed by atoms with van der Waals surface area (Å²) in [5, 5.41) is 10.7. The van der Waals surface area contributed by atoms with E-state index in [1.165, 1.54) is 19.3 Å². The Morgan fingerprint density at radius 2 is 2.00 bits per heavy atom. The van der Waals surface area contributed by atoms with E-state index in [2.05, 4.69) is 0 Å².